The maximum Gasteiger partial charge on any atom is 0.248 e. The minimum atomic E-state index is -0.749. The number of nitrogens with one attached hydrogen (secondary N) is 1. The van der Waals surface area contributed by atoms with E-state index in [1.807, 2.05) is 20.8 Å². The van der Waals surface area contributed by atoms with E-state index in [1.165, 1.54) is 16.6 Å². The number of carbonyl (C=O) groups is 2. The van der Waals surface area contributed by atoms with Gasteiger partial charge in [0.05, 0.1) is 19.4 Å². The van der Waals surface area contributed by atoms with E-state index in [1.54, 1.807) is 31.6 Å². The first-order chi connectivity index (χ1) is 14.2. The van der Waals surface area contributed by atoms with Crippen LogP contribution in [0.4, 0.5) is 0 Å². The summed E-state index contributed by atoms with van der Waals surface area (Å²) in [4.78, 5) is 31.6. The van der Waals surface area contributed by atoms with Gasteiger partial charge in [-0.05, 0) is 17.5 Å². The van der Waals surface area contributed by atoms with Crippen LogP contribution >= 0.6 is 0 Å². The van der Waals surface area contributed by atoms with Crippen molar-refractivity contribution in [3.8, 4) is 17.1 Å². The molecule has 0 spiro atoms. The number of amides is 2. The van der Waals surface area contributed by atoms with E-state index in [4.69, 9.17) is 4.74 Å². The van der Waals surface area contributed by atoms with Crippen LogP contribution in [0.1, 0.15) is 33.2 Å². The Hall–Kier alpha value is -3.01. The van der Waals surface area contributed by atoms with Gasteiger partial charge in [-0.15, -0.1) is 5.10 Å². The number of hydrogen-bond acceptors (Lipinski definition) is 7. The Morgan fingerprint density at radius 2 is 2.10 bits per heavy atom. The number of nitrogens with zero attached hydrogens (tertiary/aromatic N) is 5. The molecule has 2 amide bonds. The van der Waals surface area contributed by atoms with Crippen LogP contribution in [0, 0.1) is 5.41 Å². The molecule has 0 saturated carbocycles. The molecule has 1 aliphatic heterocycles. The summed E-state index contributed by atoms with van der Waals surface area (Å²) in [7, 11) is 3.06. The summed E-state index contributed by atoms with van der Waals surface area (Å²) < 4.78 is 6.84. The number of ether oxygens (including phenoxy) is 1. The fraction of sp³-hybridized carbons (Fsp3) is 0.550. The molecule has 3 rings (SSSR count). The zero-order valence-corrected chi connectivity index (χ0v) is 17.9. The number of hydrogen-bond donors (Lipinski definition) is 2. The molecule has 1 saturated heterocycles. The third-order valence-electron chi connectivity index (χ3n) is 5.17. The Bertz CT molecular complexity index is 922. The minimum Gasteiger partial charge on any atom is -0.494 e. The van der Waals surface area contributed by atoms with Crippen molar-refractivity contribution in [2.45, 2.75) is 45.4 Å². The number of likely N-dealkylation sites (N-methyl/N-ethyl adjacent to an activating group) is 1. The van der Waals surface area contributed by atoms with E-state index in [-0.39, 0.29) is 24.8 Å². The fourth-order valence-electron chi connectivity index (χ4n) is 3.77. The molecule has 3 heterocycles. The Balaban J connectivity index is 1.97. The van der Waals surface area contributed by atoms with Crippen molar-refractivity contribution in [1.29, 1.82) is 0 Å². The highest BCUT2D eigenvalue weighted by atomic mass is 16.5. The van der Waals surface area contributed by atoms with Crippen molar-refractivity contribution in [2.75, 3.05) is 20.7 Å². The van der Waals surface area contributed by atoms with Gasteiger partial charge in [-0.25, -0.2) is 4.68 Å². The van der Waals surface area contributed by atoms with Gasteiger partial charge in [-0.1, -0.05) is 26.0 Å². The van der Waals surface area contributed by atoms with Crippen molar-refractivity contribution in [3.63, 3.8) is 0 Å². The van der Waals surface area contributed by atoms with Crippen LogP contribution in [0.15, 0.2) is 24.5 Å². The maximum absolute atomic E-state index is 13.5. The minimum absolute atomic E-state index is 0.0963. The van der Waals surface area contributed by atoms with Crippen LogP contribution in [-0.2, 0) is 9.59 Å². The van der Waals surface area contributed by atoms with Gasteiger partial charge < -0.3 is 20.1 Å². The zero-order valence-electron chi connectivity index (χ0n) is 17.9. The van der Waals surface area contributed by atoms with E-state index in [0.717, 1.165) is 0 Å². The Morgan fingerprint density at radius 1 is 1.37 bits per heavy atom. The quantitative estimate of drug-likeness (QED) is 0.733. The molecule has 2 aromatic heterocycles. The van der Waals surface area contributed by atoms with Gasteiger partial charge in [0.2, 0.25) is 11.8 Å². The van der Waals surface area contributed by atoms with Crippen LogP contribution in [-0.4, -0.2) is 74.6 Å². The fourth-order valence-corrected chi connectivity index (χ4v) is 3.77. The van der Waals surface area contributed by atoms with Gasteiger partial charge in [0.25, 0.3) is 0 Å². The average molecular weight is 416 g/mol. The number of aromatic nitrogens is 4. The first-order valence-corrected chi connectivity index (χ1v) is 9.78. The summed E-state index contributed by atoms with van der Waals surface area (Å²) in [5.74, 6) is -0.0484. The lowest BCUT2D eigenvalue weighted by Crippen LogP contribution is -2.49. The summed E-state index contributed by atoms with van der Waals surface area (Å²) in [6.45, 7) is 5.85. The second-order valence-corrected chi connectivity index (χ2v) is 8.42. The lowest BCUT2D eigenvalue weighted by molar-refractivity contribution is -0.144. The van der Waals surface area contributed by atoms with Crippen molar-refractivity contribution >= 4 is 11.8 Å². The molecular formula is C20H28N6O4. The van der Waals surface area contributed by atoms with Gasteiger partial charge in [0.15, 0.2) is 0 Å². The van der Waals surface area contributed by atoms with Gasteiger partial charge in [0, 0.05) is 26.2 Å². The molecule has 0 radical (unpaired) electrons. The summed E-state index contributed by atoms with van der Waals surface area (Å²) in [5, 5.41) is 21.1. The predicted molar refractivity (Wildman–Crippen MR) is 108 cm³/mol. The predicted octanol–water partition coefficient (Wildman–Crippen LogP) is 0.644. The van der Waals surface area contributed by atoms with Gasteiger partial charge >= 0.3 is 0 Å². The number of methoxy groups -OCH3 is 1. The maximum atomic E-state index is 13.5. The molecule has 2 aromatic rings. The largest absolute Gasteiger partial charge is 0.494 e. The SMILES string of the molecule is CNC(=O)[C@@H]1C[C@@H](O)CN1C(=O)[C@@H](n1cc(-c2ncccc2OC)nn1)C(C)(C)C. The third-order valence-corrected chi connectivity index (χ3v) is 5.17. The Morgan fingerprint density at radius 3 is 2.73 bits per heavy atom. The molecular weight excluding hydrogens is 388 g/mol. The number of carbonyl (C=O) groups excluding carboxylic acids is 2. The highest BCUT2D eigenvalue weighted by molar-refractivity contribution is 5.90. The highest BCUT2D eigenvalue weighted by Gasteiger charge is 2.45. The highest BCUT2D eigenvalue weighted by Crippen LogP contribution is 2.35. The molecule has 0 unspecified atom stereocenters. The summed E-state index contributed by atoms with van der Waals surface area (Å²) >= 11 is 0. The van der Waals surface area contributed by atoms with Crippen LogP contribution in [0.3, 0.4) is 0 Å². The van der Waals surface area contributed by atoms with E-state index in [2.05, 4.69) is 20.6 Å². The van der Waals surface area contributed by atoms with E-state index >= 15 is 0 Å². The molecule has 10 nitrogen and oxygen atoms in total. The molecule has 0 aliphatic carbocycles. The second kappa shape index (κ2) is 8.39. The van der Waals surface area contributed by atoms with E-state index in [9.17, 15) is 14.7 Å². The second-order valence-electron chi connectivity index (χ2n) is 8.42. The Labute approximate surface area is 175 Å². The summed E-state index contributed by atoms with van der Waals surface area (Å²) in [6.07, 6.45) is 2.74. The first-order valence-electron chi connectivity index (χ1n) is 9.78. The van der Waals surface area contributed by atoms with Crippen molar-refractivity contribution < 1.29 is 19.4 Å². The standard InChI is InChI=1S/C20H28N6O4/c1-20(2,3)17(19(29)25-10-12(27)9-14(25)18(28)21-4)26-11-13(23-24-26)16-15(30-5)7-6-8-22-16/h6-8,11-12,14,17,27H,9-10H2,1-5H3,(H,21,28)/t12-,14+,17-/m1/s1. The van der Waals surface area contributed by atoms with Crippen molar-refractivity contribution in [3.05, 3.63) is 24.5 Å². The zero-order chi connectivity index (χ0) is 22.1. The number of aliphatic hydroxyl groups is 1. The molecule has 0 bridgehead atoms. The molecule has 30 heavy (non-hydrogen) atoms. The van der Waals surface area contributed by atoms with Gasteiger partial charge in [0.1, 0.15) is 29.2 Å². The first kappa shape index (κ1) is 21.7. The smallest absolute Gasteiger partial charge is 0.248 e. The molecule has 2 N–H and O–H groups in total. The van der Waals surface area contributed by atoms with Crippen LogP contribution in [0.5, 0.6) is 5.75 Å². The Kier molecular flexibility index (Phi) is 6.06. The summed E-state index contributed by atoms with van der Waals surface area (Å²) in [5.41, 5.74) is 0.460. The molecule has 3 atom stereocenters. The average Bonchev–Trinajstić information content (AvgIpc) is 3.33. The van der Waals surface area contributed by atoms with Crippen molar-refractivity contribution in [2.24, 2.45) is 5.41 Å². The normalized spacial score (nSPS) is 20.1. The van der Waals surface area contributed by atoms with Gasteiger partial charge in [-0.2, -0.15) is 0 Å². The molecule has 0 aromatic carbocycles. The monoisotopic (exact) mass is 416 g/mol. The number of rotatable bonds is 5. The van der Waals surface area contributed by atoms with Crippen LogP contribution < -0.4 is 10.1 Å². The molecule has 10 heteroatoms. The number of β-amino-alcohol motifs (C(OH)–C–C–N with tert-alkyl or cyclic N) is 1. The molecule has 162 valence electrons. The number of pyridine rings is 1. The molecule has 1 aliphatic rings. The third kappa shape index (κ3) is 4.13. The number of likely N-dealkylation sites (tertiary alicyclic amines) is 1. The van der Waals surface area contributed by atoms with E-state index < -0.39 is 23.6 Å². The van der Waals surface area contributed by atoms with E-state index in [0.29, 0.717) is 17.1 Å². The number of aliphatic hydroxyl groups excluding tert-OH is 1. The lowest BCUT2D eigenvalue weighted by Gasteiger charge is -2.34. The molecule has 1 fully saturated rings. The van der Waals surface area contributed by atoms with Gasteiger partial charge in [-0.3, -0.25) is 14.6 Å². The summed E-state index contributed by atoms with van der Waals surface area (Å²) in [6, 6.07) is 2.08. The van der Waals surface area contributed by atoms with Crippen molar-refractivity contribution in [1.82, 2.24) is 30.2 Å². The van der Waals surface area contributed by atoms with Crippen LogP contribution in [0.2, 0.25) is 0 Å². The topological polar surface area (TPSA) is 122 Å². The van der Waals surface area contributed by atoms with Crippen LogP contribution in [0.25, 0.3) is 11.4 Å². The lowest BCUT2D eigenvalue weighted by atomic mass is 9.85.